The molecule has 0 aliphatic heterocycles. The summed E-state index contributed by atoms with van der Waals surface area (Å²) in [5.74, 6) is 0.269. The van der Waals surface area contributed by atoms with Gasteiger partial charge in [-0.1, -0.05) is 0 Å². The molecule has 0 spiro atoms. The Morgan fingerprint density at radius 1 is 1.50 bits per heavy atom. The van der Waals surface area contributed by atoms with Crippen LogP contribution in [0.3, 0.4) is 0 Å². The maximum Gasteiger partial charge on any atom is 0.242 e. The molecule has 102 valence electrons. The first kappa shape index (κ1) is 17.1. The number of halogens is 1. The quantitative estimate of drug-likeness (QED) is 0.274. The Morgan fingerprint density at radius 3 is 2.78 bits per heavy atom. The molecular formula is C9H16IN5O2S. The molecule has 9 heteroatoms. The van der Waals surface area contributed by atoms with Crippen LogP contribution in [-0.2, 0) is 10.0 Å². The second-order valence-corrected chi connectivity index (χ2v) is 4.89. The number of nitrogens with one attached hydrogen (secondary N) is 2. The first-order valence-corrected chi connectivity index (χ1v) is 6.40. The van der Waals surface area contributed by atoms with Gasteiger partial charge >= 0.3 is 0 Å². The summed E-state index contributed by atoms with van der Waals surface area (Å²) in [6.07, 6.45) is 2.80. The van der Waals surface area contributed by atoms with Crippen LogP contribution in [0.5, 0.6) is 0 Å². The van der Waals surface area contributed by atoms with E-state index in [1.54, 1.807) is 13.1 Å². The lowest BCUT2D eigenvalue weighted by molar-refractivity contribution is 0.580. The van der Waals surface area contributed by atoms with Crippen LogP contribution in [0.15, 0.2) is 34.4 Å². The van der Waals surface area contributed by atoms with Crippen LogP contribution in [0.1, 0.15) is 0 Å². The third-order valence-corrected chi connectivity index (χ3v) is 3.36. The summed E-state index contributed by atoms with van der Waals surface area (Å²) in [5, 5.41) is 2.74. The molecule has 0 saturated carbocycles. The summed E-state index contributed by atoms with van der Waals surface area (Å²) >= 11 is 0. The number of aliphatic imine (C=N–C) groups is 1. The molecule has 1 aromatic heterocycles. The molecule has 0 aliphatic carbocycles. The highest BCUT2D eigenvalue weighted by molar-refractivity contribution is 14.0. The highest BCUT2D eigenvalue weighted by atomic mass is 127. The van der Waals surface area contributed by atoms with Crippen molar-refractivity contribution in [1.82, 2.24) is 15.0 Å². The Bertz CT molecular complexity index is 477. The number of rotatable bonds is 5. The van der Waals surface area contributed by atoms with Gasteiger partial charge < -0.3 is 11.1 Å². The fourth-order valence-corrected chi connectivity index (χ4v) is 2.04. The van der Waals surface area contributed by atoms with Crippen LogP contribution in [0.25, 0.3) is 0 Å². The van der Waals surface area contributed by atoms with E-state index in [2.05, 4.69) is 20.0 Å². The van der Waals surface area contributed by atoms with Crippen molar-refractivity contribution < 1.29 is 8.42 Å². The summed E-state index contributed by atoms with van der Waals surface area (Å²) in [7, 11) is -1.95. The van der Waals surface area contributed by atoms with E-state index in [4.69, 9.17) is 5.73 Å². The summed E-state index contributed by atoms with van der Waals surface area (Å²) < 4.78 is 25.8. The summed E-state index contributed by atoms with van der Waals surface area (Å²) in [4.78, 5) is 7.56. The Kier molecular flexibility index (Phi) is 7.78. The largest absolute Gasteiger partial charge is 0.370 e. The maximum absolute atomic E-state index is 11.7. The molecular weight excluding hydrogens is 369 g/mol. The van der Waals surface area contributed by atoms with Crippen LogP contribution >= 0.6 is 24.0 Å². The van der Waals surface area contributed by atoms with E-state index in [0.717, 1.165) is 0 Å². The smallest absolute Gasteiger partial charge is 0.242 e. The van der Waals surface area contributed by atoms with Crippen molar-refractivity contribution in [1.29, 1.82) is 0 Å². The third kappa shape index (κ3) is 5.60. The van der Waals surface area contributed by atoms with Crippen LogP contribution < -0.4 is 15.8 Å². The molecule has 0 radical (unpaired) electrons. The van der Waals surface area contributed by atoms with E-state index in [-0.39, 0.29) is 41.4 Å². The zero-order valence-corrected chi connectivity index (χ0v) is 13.0. The first-order chi connectivity index (χ1) is 8.06. The number of pyridine rings is 1. The van der Waals surface area contributed by atoms with Crippen molar-refractivity contribution in [3.05, 3.63) is 24.5 Å². The first-order valence-electron chi connectivity index (χ1n) is 4.92. The molecule has 0 aliphatic rings. The molecule has 0 atom stereocenters. The number of sulfonamides is 1. The van der Waals surface area contributed by atoms with Crippen molar-refractivity contribution in [3.63, 3.8) is 0 Å². The molecule has 1 rings (SSSR count). The van der Waals surface area contributed by atoms with Gasteiger partial charge in [-0.2, -0.15) is 0 Å². The number of guanidine groups is 1. The second-order valence-electron chi connectivity index (χ2n) is 3.12. The highest BCUT2D eigenvalue weighted by Crippen LogP contribution is 2.04. The van der Waals surface area contributed by atoms with E-state index in [9.17, 15) is 8.42 Å². The minimum absolute atomic E-state index is 0. The second kappa shape index (κ2) is 8.21. The zero-order valence-electron chi connectivity index (χ0n) is 9.83. The molecule has 1 heterocycles. The summed E-state index contributed by atoms with van der Waals surface area (Å²) in [5.41, 5.74) is 5.39. The zero-order chi connectivity index (χ0) is 12.7. The van der Waals surface area contributed by atoms with E-state index in [1.807, 2.05) is 0 Å². The van der Waals surface area contributed by atoms with E-state index in [1.165, 1.54) is 18.5 Å². The van der Waals surface area contributed by atoms with Crippen LogP contribution in [0.2, 0.25) is 0 Å². The SMILES string of the molecule is CN=C(N)NCCNS(=O)(=O)c1cccnc1.I. The molecule has 0 saturated heterocycles. The minimum Gasteiger partial charge on any atom is -0.370 e. The predicted molar refractivity (Wildman–Crippen MR) is 80.4 cm³/mol. The third-order valence-electron chi connectivity index (χ3n) is 1.91. The van der Waals surface area contributed by atoms with Gasteiger partial charge in [0.2, 0.25) is 10.0 Å². The Hall–Kier alpha value is -0.940. The molecule has 7 nitrogen and oxygen atoms in total. The Morgan fingerprint density at radius 2 is 2.22 bits per heavy atom. The molecule has 0 bridgehead atoms. The average Bonchev–Trinajstić information content (AvgIpc) is 2.35. The monoisotopic (exact) mass is 385 g/mol. The van der Waals surface area contributed by atoms with Gasteiger partial charge in [-0.15, -0.1) is 24.0 Å². The molecule has 1 aromatic rings. The Labute approximate surface area is 123 Å². The van der Waals surface area contributed by atoms with Gasteiger partial charge in [0.15, 0.2) is 5.96 Å². The molecule has 4 N–H and O–H groups in total. The van der Waals surface area contributed by atoms with E-state index in [0.29, 0.717) is 6.54 Å². The number of nitrogens with two attached hydrogens (primary N) is 1. The maximum atomic E-state index is 11.7. The molecule has 0 aromatic carbocycles. The van der Waals surface area contributed by atoms with Gasteiger partial charge in [-0.3, -0.25) is 9.98 Å². The summed E-state index contributed by atoms with van der Waals surface area (Å²) in [6, 6.07) is 3.04. The van der Waals surface area contributed by atoms with Crippen molar-refractivity contribution >= 4 is 40.0 Å². The lowest BCUT2D eigenvalue weighted by atomic mass is 10.5. The van der Waals surface area contributed by atoms with Crippen LogP contribution in [0, 0.1) is 0 Å². The number of hydrogen-bond donors (Lipinski definition) is 3. The van der Waals surface area contributed by atoms with E-state index >= 15 is 0 Å². The Balaban J connectivity index is 0.00000289. The van der Waals surface area contributed by atoms with Gasteiger partial charge in [-0.05, 0) is 12.1 Å². The number of aromatic nitrogens is 1. The molecule has 0 fully saturated rings. The lowest BCUT2D eigenvalue weighted by Gasteiger charge is -2.07. The molecule has 0 amide bonds. The van der Waals surface area contributed by atoms with Crippen LogP contribution in [-0.4, -0.2) is 39.5 Å². The van der Waals surface area contributed by atoms with Crippen molar-refractivity contribution in [2.24, 2.45) is 10.7 Å². The fraction of sp³-hybridized carbons (Fsp3) is 0.333. The van der Waals surface area contributed by atoms with Gasteiger partial charge in [0.05, 0.1) is 0 Å². The fourth-order valence-electron chi connectivity index (χ4n) is 1.04. The van der Waals surface area contributed by atoms with Crippen molar-refractivity contribution in [2.45, 2.75) is 4.90 Å². The topological polar surface area (TPSA) is 109 Å². The average molecular weight is 385 g/mol. The molecule has 0 unspecified atom stereocenters. The van der Waals surface area contributed by atoms with Gasteiger partial charge in [0.25, 0.3) is 0 Å². The van der Waals surface area contributed by atoms with E-state index < -0.39 is 10.0 Å². The highest BCUT2D eigenvalue weighted by Gasteiger charge is 2.12. The number of nitrogens with zero attached hydrogens (tertiary/aromatic N) is 2. The van der Waals surface area contributed by atoms with Gasteiger partial charge in [0, 0.05) is 32.5 Å². The predicted octanol–water partition coefficient (Wildman–Crippen LogP) is -0.488. The standard InChI is InChI=1S/C9H15N5O2S.HI/c1-11-9(10)13-5-6-14-17(15,16)8-3-2-4-12-7-8;/h2-4,7,14H,5-6H2,1H3,(H3,10,11,13);1H. The van der Waals surface area contributed by atoms with Crippen molar-refractivity contribution in [3.8, 4) is 0 Å². The summed E-state index contributed by atoms with van der Waals surface area (Å²) in [6.45, 7) is 0.579. The van der Waals surface area contributed by atoms with Gasteiger partial charge in [0.1, 0.15) is 4.90 Å². The van der Waals surface area contributed by atoms with Crippen molar-refractivity contribution in [2.75, 3.05) is 20.1 Å². The number of hydrogen-bond acceptors (Lipinski definition) is 4. The van der Waals surface area contributed by atoms with Gasteiger partial charge in [-0.25, -0.2) is 13.1 Å². The molecule has 18 heavy (non-hydrogen) atoms. The normalized spacial score (nSPS) is 11.7. The van der Waals surface area contributed by atoms with Crippen LogP contribution in [0.4, 0.5) is 0 Å². The lowest BCUT2D eigenvalue weighted by Crippen LogP contribution is -2.38. The minimum atomic E-state index is -3.50.